The maximum absolute atomic E-state index is 11.9. The molecule has 0 saturated heterocycles. The Morgan fingerprint density at radius 1 is 1.40 bits per heavy atom. The smallest absolute Gasteiger partial charge is 0.246 e. The predicted octanol–water partition coefficient (Wildman–Crippen LogP) is 2.55. The summed E-state index contributed by atoms with van der Waals surface area (Å²) in [6.45, 7) is 4.17. The lowest BCUT2D eigenvalue weighted by molar-refractivity contribution is -0.127. The third kappa shape index (κ3) is 2.64. The van der Waals surface area contributed by atoms with Crippen LogP contribution in [0.4, 0.5) is 0 Å². The van der Waals surface area contributed by atoms with Gasteiger partial charge in [-0.1, -0.05) is 24.8 Å². The number of hydrogen-bond donors (Lipinski definition) is 0. The average Bonchev–Trinajstić information content (AvgIpc) is 3.23. The highest BCUT2D eigenvalue weighted by molar-refractivity contribution is 5.87. The normalized spacial score (nSPS) is 14.0. The first-order valence-electron chi connectivity index (χ1n) is 6.80. The van der Waals surface area contributed by atoms with Gasteiger partial charge in [0, 0.05) is 24.3 Å². The summed E-state index contributed by atoms with van der Waals surface area (Å²) < 4.78 is 1.83. The van der Waals surface area contributed by atoms with Crippen LogP contribution >= 0.6 is 0 Å². The summed E-state index contributed by atoms with van der Waals surface area (Å²) in [5.74, 6) is -0.0000360. The highest BCUT2D eigenvalue weighted by Crippen LogP contribution is 2.28. The van der Waals surface area contributed by atoms with E-state index in [2.05, 4.69) is 11.7 Å². The van der Waals surface area contributed by atoms with Gasteiger partial charge in [-0.25, -0.2) is 4.68 Å². The van der Waals surface area contributed by atoms with Gasteiger partial charge in [-0.15, -0.1) is 0 Å². The van der Waals surface area contributed by atoms with Gasteiger partial charge < -0.3 is 4.90 Å². The van der Waals surface area contributed by atoms with E-state index in [0.29, 0.717) is 12.6 Å². The topological polar surface area (TPSA) is 38.1 Å². The predicted molar refractivity (Wildman–Crippen MR) is 77.3 cm³/mol. The number of aromatic nitrogens is 2. The Bertz CT molecular complexity index is 614. The summed E-state index contributed by atoms with van der Waals surface area (Å²) in [6, 6.07) is 10.3. The number of benzene rings is 1. The fraction of sp³-hybridized carbons (Fsp3) is 0.250. The molecule has 4 heteroatoms. The maximum atomic E-state index is 11.9. The first-order chi connectivity index (χ1) is 9.78. The monoisotopic (exact) mass is 267 g/mol. The standard InChI is InChI=1S/C16H17N3O/c1-2-16(20)18(14-8-9-14)11-13-10-17-19(12-13)15-6-4-3-5-7-15/h2-7,10,12,14H,1,8-9,11H2. The molecular weight excluding hydrogens is 250 g/mol. The van der Waals surface area contributed by atoms with Crippen molar-refractivity contribution in [1.29, 1.82) is 0 Å². The Kier molecular flexibility index (Phi) is 3.37. The van der Waals surface area contributed by atoms with E-state index >= 15 is 0 Å². The number of carbonyl (C=O) groups is 1. The molecule has 1 fully saturated rings. The van der Waals surface area contributed by atoms with Gasteiger partial charge in [0.25, 0.3) is 0 Å². The Morgan fingerprint density at radius 2 is 2.15 bits per heavy atom. The van der Waals surface area contributed by atoms with Gasteiger partial charge in [0.1, 0.15) is 0 Å². The molecule has 3 rings (SSSR count). The lowest BCUT2D eigenvalue weighted by Crippen LogP contribution is -2.30. The third-order valence-electron chi connectivity index (χ3n) is 3.46. The van der Waals surface area contributed by atoms with E-state index in [9.17, 15) is 4.79 Å². The van der Waals surface area contributed by atoms with Crippen LogP contribution in [0.5, 0.6) is 0 Å². The van der Waals surface area contributed by atoms with E-state index in [4.69, 9.17) is 0 Å². The number of hydrogen-bond acceptors (Lipinski definition) is 2. The first-order valence-corrected chi connectivity index (χ1v) is 6.80. The molecule has 0 N–H and O–H groups in total. The van der Waals surface area contributed by atoms with E-state index in [1.54, 1.807) is 0 Å². The van der Waals surface area contributed by atoms with E-state index in [-0.39, 0.29) is 5.91 Å². The molecule has 1 aromatic carbocycles. The minimum Gasteiger partial charge on any atom is -0.332 e. The molecule has 1 saturated carbocycles. The number of rotatable bonds is 5. The summed E-state index contributed by atoms with van der Waals surface area (Å²) in [5, 5.41) is 4.36. The van der Waals surface area contributed by atoms with Crippen LogP contribution in [-0.4, -0.2) is 26.6 Å². The van der Waals surface area contributed by atoms with Gasteiger partial charge in [0.2, 0.25) is 5.91 Å². The molecular formula is C16H17N3O. The third-order valence-corrected chi connectivity index (χ3v) is 3.46. The summed E-state index contributed by atoms with van der Waals surface area (Å²) in [6.07, 6.45) is 7.36. The molecule has 0 spiro atoms. The van der Waals surface area contributed by atoms with Crippen LogP contribution in [0, 0.1) is 0 Å². The molecule has 0 atom stereocenters. The van der Waals surface area contributed by atoms with Crippen LogP contribution in [0.1, 0.15) is 18.4 Å². The molecule has 4 nitrogen and oxygen atoms in total. The molecule has 1 heterocycles. The number of carbonyl (C=O) groups excluding carboxylic acids is 1. The van der Waals surface area contributed by atoms with Crippen LogP contribution in [0.3, 0.4) is 0 Å². The van der Waals surface area contributed by atoms with Crippen LogP contribution in [-0.2, 0) is 11.3 Å². The molecule has 1 aliphatic rings. The molecule has 102 valence electrons. The number of amides is 1. The highest BCUT2D eigenvalue weighted by atomic mass is 16.2. The lowest BCUT2D eigenvalue weighted by Gasteiger charge is -2.19. The Morgan fingerprint density at radius 3 is 2.80 bits per heavy atom. The zero-order chi connectivity index (χ0) is 13.9. The summed E-state index contributed by atoms with van der Waals surface area (Å²) in [5.41, 5.74) is 2.06. The highest BCUT2D eigenvalue weighted by Gasteiger charge is 2.31. The average molecular weight is 267 g/mol. The van der Waals surface area contributed by atoms with Crippen molar-refractivity contribution in [2.45, 2.75) is 25.4 Å². The summed E-state index contributed by atoms with van der Waals surface area (Å²) in [7, 11) is 0. The van der Waals surface area contributed by atoms with E-state index in [1.807, 2.05) is 52.3 Å². The molecule has 0 unspecified atom stereocenters. The lowest BCUT2D eigenvalue weighted by atomic mass is 10.3. The van der Waals surface area contributed by atoms with Crippen molar-refractivity contribution in [2.24, 2.45) is 0 Å². The van der Waals surface area contributed by atoms with Crippen molar-refractivity contribution < 1.29 is 4.79 Å². The van der Waals surface area contributed by atoms with Crippen LogP contribution in [0.15, 0.2) is 55.4 Å². The number of nitrogens with zero attached hydrogens (tertiary/aromatic N) is 3. The molecule has 1 amide bonds. The molecule has 0 aliphatic heterocycles. The largest absolute Gasteiger partial charge is 0.332 e. The Hall–Kier alpha value is -2.36. The molecule has 0 radical (unpaired) electrons. The van der Waals surface area contributed by atoms with Gasteiger partial charge in [-0.05, 0) is 31.1 Å². The molecule has 1 aliphatic carbocycles. The summed E-state index contributed by atoms with van der Waals surface area (Å²) in [4.78, 5) is 13.7. The zero-order valence-corrected chi connectivity index (χ0v) is 11.3. The second-order valence-electron chi connectivity index (χ2n) is 5.03. The number of para-hydroxylation sites is 1. The van der Waals surface area contributed by atoms with Crippen molar-refractivity contribution in [2.75, 3.05) is 0 Å². The Labute approximate surface area is 118 Å². The minimum atomic E-state index is -0.0000360. The molecule has 0 bridgehead atoms. The fourth-order valence-electron chi connectivity index (χ4n) is 2.25. The van der Waals surface area contributed by atoms with E-state index in [1.165, 1.54) is 6.08 Å². The van der Waals surface area contributed by atoms with Crippen LogP contribution < -0.4 is 0 Å². The minimum absolute atomic E-state index is 0.0000360. The quantitative estimate of drug-likeness (QED) is 0.781. The summed E-state index contributed by atoms with van der Waals surface area (Å²) >= 11 is 0. The van der Waals surface area contributed by atoms with Crippen molar-refractivity contribution in [3.63, 3.8) is 0 Å². The van der Waals surface area contributed by atoms with Gasteiger partial charge in [-0.3, -0.25) is 4.79 Å². The fourth-order valence-corrected chi connectivity index (χ4v) is 2.25. The van der Waals surface area contributed by atoms with Crippen molar-refractivity contribution in [1.82, 2.24) is 14.7 Å². The van der Waals surface area contributed by atoms with Gasteiger partial charge in [0.15, 0.2) is 0 Å². The van der Waals surface area contributed by atoms with Crippen molar-refractivity contribution >= 4 is 5.91 Å². The van der Waals surface area contributed by atoms with Crippen molar-refractivity contribution in [3.8, 4) is 5.69 Å². The van der Waals surface area contributed by atoms with E-state index in [0.717, 1.165) is 24.1 Å². The van der Waals surface area contributed by atoms with Gasteiger partial charge >= 0.3 is 0 Å². The molecule has 1 aromatic heterocycles. The second-order valence-corrected chi connectivity index (χ2v) is 5.03. The molecule has 2 aromatic rings. The van der Waals surface area contributed by atoms with Crippen LogP contribution in [0.25, 0.3) is 5.69 Å². The van der Waals surface area contributed by atoms with E-state index < -0.39 is 0 Å². The maximum Gasteiger partial charge on any atom is 0.246 e. The van der Waals surface area contributed by atoms with Gasteiger partial charge in [-0.2, -0.15) is 5.10 Å². The van der Waals surface area contributed by atoms with Crippen LogP contribution in [0.2, 0.25) is 0 Å². The second kappa shape index (κ2) is 5.33. The zero-order valence-electron chi connectivity index (χ0n) is 11.3. The van der Waals surface area contributed by atoms with Crippen molar-refractivity contribution in [3.05, 3.63) is 60.9 Å². The molecule has 20 heavy (non-hydrogen) atoms. The van der Waals surface area contributed by atoms with Gasteiger partial charge in [0.05, 0.1) is 11.9 Å². The Balaban J connectivity index is 1.76. The first kappa shape index (κ1) is 12.7. The SMILES string of the molecule is C=CC(=O)N(Cc1cnn(-c2ccccc2)c1)C1CC1.